The van der Waals surface area contributed by atoms with Gasteiger partial charge in [0.25, 0.3) is 0 Å². The van der Waals surface area contributed by atoms with Crippen LogP contribution in [0.2, 0.25) is 0 Å². The molecule has 0 saturated carbocycles. The van der Waals surface area contributed by atoms with Crippen LogP contribution in [-0.2, 0) is 6.54 Å². The predicted octanol–water partition coefficient (Wildman–Crippen LogP) is 5.23. The third-order valence-corrected chi connectivity index (χ3v) is 4.76. The van der Waals surface area contributed by atoms with E-state index in [1.807, 2.05) is 0 Å². The number of benzene rings is 2. The molecule has 0 amide bonds. The molecule has 3 heteroatoms. The molecule has 1 aromatic heterocycles. The van der Waals surface area contributed by atoms with Crippen molar-refractivity contribution in [1.29, 1.82) is 5.26 Å². The lowest BCUT2D eigenvalue weighted by Gasteiger charge is -2.09. The first-order chi connectivity index (χ1) is 10.7. The van der Waals surface area contributed by atoms with Gasteiger partial charge in [-0.15, -0.1) is 11.8 Å². The lowest BCUT2D eigenvalue weighted by Crippen LogP contribution is -1.97. The number of nitrogens with zero attached hydrogens (tertiary/aromatic N) is 2. The second-order valence-electron chi connectivity index (χ2n) is 5.33. The highest BCUT2D eigenvalue weighted by Crippen LogP contribution is 2.34. The molecule has 2 nitrogen and oxygen atoms in total. The molecule has 0 bridgehead atoms. The van der Waals surface area contributed by atoms with Crippen LogP contribution >= 0.6 is 11.8 Å². The molecule has 0 unspecified atom stereocenters. The van der Waals surface area contributed by atoms with Crippen molar-refractivity contribution in [3.63, 3.8) is 0 Å². The summed E-state index contributed by atoms with van der Waals surface area (Å²) in [6, 6.07) is 17.2. The summed E-state index contributed by atoms with van der Waals surface area (Å²) in [5.41, 5.74) is 5.26. The molecule has 0 aliphatic heterocycles. The lowest BCUT2D eigenvalue weighted by atomic mass is 10.1. The molecule has 0 spiro atoms. The first-order valence-electron chi connectivity index (χ1n) is 7.37. The maximum Gasteiger partial charge on any atom is 0.102 e. The number of aromatic nitrogens is 1. The zero-order chi connectivity index (χ0) is 15.7. The van der Waals surface area contributed by atoms with Gasteiger partial charge >= 0.3 is 0 Å². The van der Waals surface area contributed by atoms with Gasteiger partial charge in [-0.1, -0.05) is 24.3 Å². The van der Waals surface area contributed by atoms with Crippen LogP contribution in [0.1, 0.15) is 18.1 Å². The second kappa shape index (κ2) is 5.90. The Morgan fingerprint density at radius 3 is 2.45 bits per heavy atom. The zero-order valence-corrected chi connectivity index (χ0v) is 13.9. The first-order valence-corrected chi connectivity index (χ1v) is 8.59. The Bertz CT molecular complexity index is 867. The number of hydrogen-bond donors (Lipinski definition) is 0. The molecule has 22 heavy (non-hydrogen) atoms. The summed E-state index contributed by atoms with van der Waals surface area (Å²) in [7, 11) is 0. The van der Waals surface area contributed by atoms with Gasteiger partial charge in [0.15, 0.2) is 0 Å². The van der Waals surface area contributed by atoms with Crippen LogP contribution in [0.25, 0.3) is 22.2 Å². The van der Waals surface area contributed by atoms with E-state index in [2.05, 4.69) is 73.2 Å². The maximum atomic E-state index is 9.69. The number of hydrogen-bond acceptors (Lipinski definition) is 2. The van der Waals surface area contributed by atoms with E-state index in [4.69, 9.17) is 0 Å². The van der Waals surface area contributed by atoms with E-state index >= 15 is 0 Å². The summed E-state index contributed by atoms with van der Waals surface area (Å²) in [5, 5.41) is 10.7. The van der Waals surface area contributed by atoms with E-state index in [-0.39, 0.29) is 0 Å². The first kappa shape index (κ1) is 14.7. The number of rotatable bonds is 3. The smallest absolute Gasteiger partial charge is 0.102 e. The molecule has 0 aliphatic carbocycles. The highest BCUT2D eigenvalue weighted by molar-refractivity contribution is 7.98. The Kier molecular flexibility index (Phi) is 3.96. The lowest BCUT2D eigenvalue weighted by molar-refractivity contribution is 0.804. The van der Waals surface area contributed by atoms with Crippen LogP contribution in [0.4, 0.5) is 0 Å². The van der Waals surface area contributed by atoms with Crippen molar-refractivity contribution in [3.8, 4) is 17.3 Å². The maximum absolute atomic E-state index is 9.69. The highest BCUT2D eigenvalue weighted by atomic mass is 32.2. The largest absolute Gasteiger partial charge is 0.340 e. The fourth-order valence-corrected chi connectivity index (χ4v) is 3.36. The van der Waals surface area contributed by atoms with Crippen molar-refractivity contribution in [2.24, 2.45) is 0 Å². The zero-order valence-electron chi connectivity index (χ0n) is 13.1. The molecule has 0 atom stereocenters. The summed E-state index contributed by atoms with van der Waals surface area (Å²) in [5.74, 6) is 0. The number of nitriles is 1. The van der Waals surface area contributed by atoms with E-state index in [0.717, 1.165) is 34.3 Å². The van der Waals surface area contributed by atoms with Gasteiger partial charge in [0.05, 0.1) is 16.8 Å². The molecule has 0 saturated heterocycles. The number of aryl methyl sites for hydroxylation is 2. The van der Waals surface area contributed by atoms with Crippen molar-refractivity contribution in [1.82, 2.24) is 4.57 Å². The fraction of sp³-hybridized carbons (Fsp3) is 0.211. The summed E-state index contributed by atoms with van der Waals surface area (Å²) >= 11 is 1.73. The third kappa shape index (κ3) is 2.30. The average Bonchev–Trinajstić information content (AvgIpc) is 2.87. The minimum Gasteiger partial charge on any atom is -0.340 e. The van der Waals surface area contributed by atoms with E-state index in [1.54, 1.807) is 11.8 Å². The van der Waals surface area contributed by atoms with Gasteiger partial charge in [-0.3, -0.25) is 0 Å². The summed E-state index contributed by atoms with van der Waals surface area (Å²) in [6.45, 7) is 5.06. The topological polar surface area (TPSA) is 28.7 Å². The molecular weight excluding hydrogens is 288 g/mol. The highest BCUT2D eigenvalue weighted by Gasteiger charge is 2.17. The van der Waals surface area contributed by atoms with Crippen LogP contribution in [0.3, 0.4) is 0 Å². The van der Waals surface area contributed by atoms with Crippen LogP contribution in [-0.4, -0.2) is 10.8 Å². The number of fused-ring (bicyclic) bond motifs is 1. The van der Waals surface area contributed by atoms with Crippen LogP contribution < -0.4 is 0 Å². The Morgan fingerprint density at radius 1 is 1.14 bits per heavy atom. The van der Waals surface area contributed by atoms with Crippen molar-refractivity contribution in [2.45, 2.75) is 25.3 Å². The van der Waals surface area contributed by atoms with Gasteiger partial charge in [-0.05, 0) is 49.4 Å². The van der Waals surface area contributed by atoms with E-state index < -0.39 is 0 Å². The van der Waals surface area contributed by atoms with Gasteiger partial charge in [-0.2, -0.15) is 5.26 Å². The molecule has 0 fully saturated rings. The fourth-order valence-electron chi connectivity index (χ4n) is 2.95. The van der Waals surface area contributed by atoms with E-state index in [9.17, 15) is 5.26 Å². The molecular formula is C19H18N2S. The van der Waals surface area contributed by atoms with E-state index in [1.165, 1.54) is 10.5 Å². The summed E-state index contributed by atoms with van der Waals surface area (Å²) < 4.78 is 2.25. The molecule has 110 valence electrons. The van der Waals surface area contributed by atoms with Gasteiger partial charge in [0.1, 0.15) is 6.07 Å². The van der Waals surface area contributed by atoms with Crippen molar-refractivity contribution in [3.05, 3.63) is 53.6 Å². The number of thioether (sulfide) groups is 1. The third-order valence-electron chi connectivity index (χ3n) is 4.01. The molecule has 1 heterocycles. The van der Waals surface area contributed by atoms with Crippen LogP contribution in [0.15, 0.2) is 47.4 Å². The van der Waals surface area contributed by atoms with Gasteiger partial charge in [0.2, 0.25) is 0 Å². The van der Waals surface area contributed by atoms with Crippen molar-refractivity contribution >= 4 is 22.7 Å². The molecule has 0 aliphatic rings. The van der Waals surface area contributed by atoms with Gasteiger partial charge in [0, 0.05) is 16.8 Å². The Morgan fingerprint density at radius 2 is 1.86 bits per heavy atom. The van der Waals surface area contributed by atoms with Gasteiger partial charge in [-0.25, -0.2) is 0 Å². The van der Waals surface area contributed by atoms with Crippen molar-refractivity contribution < 1.29 is 0 Å². The second-order valence-corrected chi connectivity index (χ2v) is 6.21. The normalized spacial score (nSPS) is 10.8. The average molecular weight is 306 g/mol. The summed E-state index contributed by atoms with van der Waals surface area (Å²) in [6.07, 6.45) is 2.07. The Hall–Kier alpha value is -2.18. The van der Waals surface area contributed by atoms with Crippen LogP contribution in [0.5, 0.6) is 0 Å². The predicted molar refractivity (Wildman–Crippen MR) is 94.3 cm³/mol. The molecule has 3 aromatic rings. The molecule has 3 rings (SSSR count). The summed E-state index contributed by atoms with van der Waals surface area (Å²) in [4.78, 5) is 1.23. The van der Waals surface area contributed by atoms with Crippen LogP contribution in [0, 0.1) is 18.3 Å². The quantitative estimate of drug-likeness (QED) is 0.620. The minimum absolute atomic E-state index is 0.772. The monoisotopic (exact) mass is 306 g/mol. The SMILES string of the molecule is CCn1c(-c2ccc(SC)cc2)c(C#N)c2ccc(C)cc21. The molecule has 2 aromatic carbocycles. The Balaban J connectivity index is 2.34. The minimum atomic E-state index is 0.772. The van der Waals surface area contributed by atoms with E-state index in [0.29, 0.717) is 0 Å². The van der Waals surface area contributed by atoms with Crippen molar-refractivity contribution in [2.75, 3.05) is 6.26 Å². The molecule has 0 N–H and O–H groups in total. The standard InChI is InChI=1S/C19H18N2S/c1-4-21-18-11-13(2)5-10-16(18)17(12-20)19(21)14-6-8-15(22-3)9-7-14/h5-11H,4H2,1-3H3. The van der Waals surface area contributed by atoms with Gasteiger partial charge < -0.3 is 4.57 Å². The Labute approximate surface area is 135 Å². The molecule has 0 radical (unpaired) electrons.